The van der Waals surface area contributed by atoms with E-state index in [-0.39, 0.29) is 6.23 Å². The van der Waals surface area contributed by atoms with E-state index >= 15 is 0 Å². The maximum absolute atomic E-state index is 6.92. The largest absolute Gasteiger partial charge is 0.464 e. The van der Waals surface area contributed by atoms with Crippen LogP contribution < -0.4 is 10.1 Å². The third kappa shape index (κ3) is 4.26. The van der Waals surface area contributed by atoms with Crippen molar-refractivity contribution in [2.24, 2.45) is 0 Å². The Morgan fingerprint density at radius 3 is 2.12 bits per heavy atom. The van der Waals surface area contributed by atoms with Gasteiger partial charge in [-0.15, -0.1) is 0 Å². The van der Waals surface area contributed by atoms with E-state index in [4.69, 9.17) is 9.15 Å². The first-order valence-corrected chi connectivity index (χ1v) is 17.4. The van der Waals surface area contributed by atoms with Gasteiger partial charge >= 0.3 is 0 Å². The summed E-state index contributed by atoms with van der Waals surface area (Å²) in [6.07, 6.45) is -0.372. The smallest absolute Gasteiger partial charge is 0.196 e. The highest BCUT2D eigenvalue weighted by atomic mass is 16.5. The molecule has 8 aromatic carbocycles. The monoisotopic (exact) mass is 654 g/mol. The molecule has 4 nitrogen and oxygen atoms in total. The molecule has 1 atom stereocenters. The predicted molar refractivity (Wildman–Crippen MR) is 210 cm³/mol. The molecular formula is C47H30N2O2. The van der Waals surface area contributed by atoms with Crippen LogP contribution in [0.5, 0.6) is 5.75 Å². The molecular weight excluding hydrogens is 625 g/mol. The number of nitrogens with one attached hydrogen (secondary N) is 1. The van der Waals surface area contributed by atoms with Gasteiger partial charge in [0.2, 0.25) is 0 Å². The molecule has 2 aromatic heterocycles. The van der Waals surface area contributed by atoms with Crippen LogP contribution in [0.1, 0.15) is 11.8 Å². The molecule has 10 aromatic rings. The number of anilines is 1. The maximum atomic E-state index is 6.92. The van der Waals surface area contributed by atoms with E-state index in [1.54, 1.807) is 0 Å². The lowest BCUT2D eigenvalue weighted by atomic mass is 9.97. The van der Waals surface area contributed by atoms with Crippen molar-refractivity contribution in [1.82, 2.24) is 4.57 Å². The van der Waals surface area contributed by atoms with Gasteiger partial charge in [-0.2, -0.15) is 0 Å². The van der Waals surface area contributed by atoms with Crippen molar-refractivity contribution in [3.8, 4) is 33.7 Å². The van der Waals surface area contributed by atoms with Gasteiger partial charge in [-0.25, -0.2) is 0 Å². The first-order valence-electron chi connectivity index (χ1n) is 17.4. The van der Waals surface area contributed by atoms with E-state index < -0.39 is 0 Å². The Kier molecular flexibility index (Phi) is 5.98. The van der Waals surface area contributed by atoms with Crippen LogP contribution in [-0.2, 0) is 0 Å². The Bertz CT molecular complexity index is 2970. The number of furan rings is 1. The SMILES string of the molecule is c1ccc(-c2cccc(-c3cc4oc5ccccc5c4c4c3OC(c3ccc(-n5c6ccccc6c6ccc7ccccc7c65)cc3)N4)c2)cc1. The van der Waals surface area contributed by atoms with E-state index in [0.717, 1.165) is 61.3 Å². The van der Waals surface area contributed by atoms with Crippen molar-refractivity contribution < 1.29 is 9.15 Å². The fourth-order valence-electron chi connectivity index (χ4n) is 8.07. The molecule has 0 fully saturated rings. The molecule has 240 valence electrons. The molecule has 0 amide bonds. The van der Waals surface area contributed by atoms with Crippen LogP contribution in [0.4, 0.5) is 5.69 Å². The number of fused-ring (bicyclic) bond motifs is 10. The number of hydrogen-bond acceptors (Lipinski definition) is 3. The summed E-state index contributed by atoms with van der Waals surface area (Å²) in [4.78, 5) is 0. The van der Waals surface area contributed by atoms with Crippen LogP contribution in [0.25, 0.3) is 82.5 Å². The fourth-order valence-corrected chi connectivity index (χ4v) is 8.07. The van der Waals surface area contributed by atoms with Crippen molar-refractivity contribution in [1.29, 1.82) is 0 Å². The minimum atomic E-state index is -0.372. The summed E-state index contributed by atoms with van der Waals surface area (Å²) in [6.45, 7) is 0. The van der Waals surface area contributed by atoms with Gasteiger partial charge in [0.05, 0.1) is 22.1 Å². The number of nitrogens with zero attached hydrogens (tertiary/aromatic N) is 1. The quantitative estimate of drug-likeness (QED) is 0.205. The summed E-state index contributed by atoms with van der Waals surface area (Å²) in [6, 6.07) is 60.1. The van der Waals surface area contributed by atoms with E-state index in [2.05, 4.69) is 162 Å². The van der Waals surface area contributed by atoms with Gasteiger partial charge in [0, 0.05) is 38.4 Å². The highest BCUT2D eigenvalue weighted by Gasteiger charge is 2.31. The number of hydrogen-bond donors (Lipinski definition) is 1. The third-order valence-corrected chi connectivity index (χ3v) is 10.4. The molecule has 0 bridgehead atoms. The molecule has 11 rings (SSSR count). The van der Waals surface area contributed by atoms with Crippen LogP contribution in [0.15, 0.2) is 174 Å². The van der Waals surface area contributed by atoms with Gasteiger partial charge in [-0.3, -0.25) is 0 Å². The highest BCUT2D eigenvalue weighted by Crippen LogP contribution is 2.52. The molecule has 1 unspecified atom stereocenters. The number of para-hydroxylation sites is 2. The zero-order chi connectivity index (χ0) is 33.5. The topological polar surface area (TPSA) is 39.3 Å². The number of ether oxygens (including phenoxy) is 1. The molecule has 51 heavy (non-hydrogen) atoms. The van der Waals surface area contributed by atoms with Gasteiger partial charge in [0.25, 0.3) is 0 Å². The van der Waals surface area contributed by atoms with Crippen molar-refractivity contribution in [2.75, 3.05) is 5.32 Å². The standard InChI is InChI=1S/C47H30N2O2/c1-2-11-29(12-3-1)32-14-10-15-33(27-32)39-28-42-43(38-18-7-9-20-41(38)50-42)44-46(39)51-47(48-44)31-21-24-34(25-22-31)49-40-19-8-6-17-36(40)37-26-23-30-13-4-5-16-35(30)45(37)49/h1-28,47-48H. The maximum Gasteiger partial charge on any atom is 0.196 e. The first kappa shape index (κ1) is 28.1. The summed E-state index contributed by atoms with van der Waals surface area (Å²) >= 11 is 0. The van der Waals surface area contributed by atoms with E-state index in [9.17, 15) is 0 Å². The van der Waals surface area contributed by atoms with Gasteiger partial charge in [0.1, 0.15) is 11.2 Å². The van der Waals surface area contributed by atoms with Crippen LogP contribution in [-0.4, -0.2) is 4.57 Å². The van der Waals surface area contributed by atoms with Crippen molar-refractivity contribution in [3.63, 3.8) is 0 Å². The lowest BCUT2D eigenvalue weighted by Crippen LogP contribution is -2.10. The summed E-state index contributed by atoms with van der Waals surface area (Å²) in [5.74, 6) is 0.835. The minimum absolute atomic E-state index is 0.372. The zero-order valence-electron chi connectivity index (χ0n) is 27.5. The van der Waals surface area contributed by atoms with Crippen molar-refractivity contribution in [3.05, 3.63) is 175 Å². The molecule has 0 radical (unpaired) electrons. The van der Waals surface area contributed by atoms with Crippen LogP contribution >= 0.6 is 0 Å². The Hall–Kier alpha value is -6.78. The Labute approximate surface area is 293 Å². The highest BCUT2D eigenvalue weighted by molar-refractivity contribution is 6.19. The number of aromatic nitrogens is 1. The predicted octanol–water partition coefficient (Wildman–Crippen LogP) is 12.7. The van der Waals surface area contributed by atoms with E-state index in [1.165, 1.54) is 38.1 Å². The average Bonchev–Trinajstić information content (AvgIpc) is 3.90. The van der Waals surface area contributed by atoms with Crippen molar-refractivity contribution >= 4 is 60.2 Å². The van der Waals surface area contributed by atoms with Crippen molar-refractivity contribution in [2.45, 2.75) is 6.23 Å². The molecule has 3 heterocycles. The Morgan fingerprint density at radius 1 is 0.510 bits per heavy atom. The average molecular weight is 655 g/mol. The lowest BCUT2D eigenvalue weighted by molar-refractivity contribution is 0.261. The van der Waals surface area contributed by atoms with Crippen LogP contribution in [0.2, 0.25) is 0 Å². The Morgan fingerprint density at radius 2 is 1.24 bits per heavy atom. The number of rotatable bonds is 4. The van der Waals surface area contributed by atoms with Crippen LogP contribution in [0.3, 0.4) is 0 Å². The fraction of sp³-hybridized carbons (Fsp3) is 0.0213. The zero-order valence-corrected chi connectivity index (χ0v) is 27.5. The summed E-state index contributed by atoms with van der Waals surface area (Å²) in [5, 5.41) is 10.9. The molecule has 1 aliphatic rings. The van der Waals surface area contributed by atoms with Gasteiger partial charge < -0.3 is 19.0 Å². The molecule has 1 aliphatic heterocycles. The molecule has 0 saturated heterocycles. The summed E-state index contributed by atoms with van der Waals surface area (Å²) in [5.41, 5.74) is 11.6. The molecule has 0 saturated carbocycles. The summed E-state index contributed by atoms with van der Waals surface area (Å²) in [7, 11) is 0. The Balaban J connectivity index is 1.04. The molecule has 0 spiro atoms. The second kappa shape index (κ2) is 10.9. The van der Waals surface area contributed by atoms with Gasteiger partial charge in [-0.1, -0.05) is 133 Å². The first-order chi connectivity index (χ1) is 25.3. The molecule has 0 aliphatic carbocycles. The third-order valence-electron chi connectivity index (χ3n) is 10.4. The minimum Gasteiger partial charge on any atom is -0.464 e. The van der Waals surface area contributed by atoms with Gasteiger partial charge in [0.15, 0.2) is 12.0 Å². The molecule has 4 heteroatoms. The van der Waals surface area contributed by atoms with E-state index in [0.29, 0.717) is 0 Å². The summed E-state index contributed by atoms with van der Waals surface area (Å²) < 4.78 is 15.8. The number of benzene rings is 8. The second-order valence-corrected chi connectivity index (χ2v) is 13.3. The molecule has 1 N–H and O–H groups in total. The van der Waals surface area contributed by atoms with Gasteiger partial charge in [-0.05, 0) is 58.5 Å². The normalized spacial score (nSPS) is 14.0. The van der Waals surface area contributed by atoms with Crippen LogP contribution in [0, 0.1) is 0 Å². The van der Waals surface area contributed by atoms with E-state index in [1.807, 2.05) is 18.2 Å². The second-order valence-electron chi connectivity index (χ2n) is 13.3. The lowest BCUT2D eigenvalue weighted by Gasteiger charge is -2.15.